The van der Waals surface area contributed by atoms with Gasteiger partial charge >= 0.3 is 0 Å². The number of Topliss-reactive ketones (excluding diaryl/α,β-unsaturated/α-hetero) is 5. The van der Waals surface area contributed by atoms with E-state index in [0.29, 0.717) is 64.2 Å². The Morgan fingerprint density at radius 3 is 1.44 bits per heavy atom. The molecule has 5 nitrogen and oxygen atoms in total. The van der Waals surface area contributed by atoms with Gasteiger partial charge in [-0.2, -0.15) is 0 Å². The number of allylic oxidation sites excluding steroid dienone is 8. The van der Waals surface area contributed by atoms with Gasteiger partial charge in [-0.15, -0.1) is 0 Å². The Kier molecular flexibility index (Phi) is 26.9. The lowest BCUT2D eigenvalue weighted by Crippen LogP contribution is -2.01. The first kappa shape index (κ1) is 38.3. The zero-order valence-corrected chi connectivity index (χ0v) is 26.0. The van der Waals surface area contributed by atoms with Crippen molar-refractivity contribution in [3.05, 3.63) is 48.6 Å². The third kappa shape index (κ3) is 31.7. The molecule has 0 N–H and O–H groups in total. The molecule has 0 aliphatic heterocycles. The zero-order chi connectivity index (χ0) is 30.4. The van der Waals surface area contributed by atoms with E-state index in [0.717, 1.165) is 64.2 Å². The van der Waals surface area contributed by atoms with Crippen LogP contribution in [0, 0.1) is 0 Å². The van der Waals surface area contributed by atoms with Crippen molar-refractivity contribution >= 4 is 28.9 Å². The molecule has 0 saturated heterocycles. The molecule has 0 amide bonds. The third-order valence-corrected chi connectivity index (χ3v) is 6.83. The highest BCUT2D eigenvalue weighted by Gasteiger charge is 2.05. The van der Waals surface area contributed by atoms with Crippen LogP contribution in [0.15, 0.2) is 48.6 Å². The van der Waals surface area contributed by atoms with Gasteiger partial charge in [-0.05, 0) is 71.6 Å². The number of unbranched alkanes of at least 4 members (excludes halogenated alkanes) is 8. The van der Waals surface area contributed by atoms with E-state index in [4.69, 9.17) is 0 Å². The van der Waals surface area contributed by atoms with Gasteiger partial charge in [-0.25, -0.2) is 0 Å². The summed E-state index contributed by atoms with van der Waals surface area (Å²) in [5.41, 5.74) is 0. The molecule has 0 rings (SSSR count). The van der Waals surface area contributed by atoms with Gasteiger partial charge in [0.05, 0.1) is 0 Å². The van der Waals surface area contributed by atoms with Crippen LogP contribution in [0.5, 0.6) is 0 Å². The third-order valence-electron chi connectivity index (χ3n) is 6.83. The molecule has 0 unspecified atom stereocenters. The van der Waals surface area contributed by atoms with Gasteiger partial charge in [0, 0.05) is 51.4 Å². The average molecular weight is 569 g/mol. The minimum atomic E-state index is 0.137. The van der Waals surface area contributed by atoms with E-state index < -0.39 is 0 Å². The number of rotatable bonds is 29. The van der Waals surface area contributed by atoms with Crippen LogP contribution in [-0.2, 0) is 24.0 Å². The maximum atomic E-state index is 12.0. The smallest absolute Gasteiger partial charge is 0.136 e. The van der Waals surface area contributed by atoms with E-state index in [9.17, 15) is 24.0 Å². The summed E-state index contributed by atoms with van der Waals surface area (Å²) in [5.74, 6) is 1.12. The molecular weight excluding hydrogens is 512 g/mol. The maximum Gasteiger partial charge on any atom is 0.136 e. The summed E-state index contributed by atoms with van der Waals surface area (Å²) in [4.78, 5) is 57.8. The van der Waals surface area contributed by atoms with E-state index in [2.05, 4.69) is 18.2 Å². The molecule has 0 aromatic rings. The minimum absolute atomic E-state index is 0.137. The van der Waals surface area contributed by atoms with E-state index in [1.807, 2.05) is 30.4 Å². The number of carbonyl (C=O) groups excluding carboxylic acids is 5. The number of carbonyl (C=O) groups is 5. The van der Waals surface area contributed by atoms with Gasteiger partial charge in [-0.1, -0.05) is 74.3 Å². The summed E-state index contributed by atoms with van der Waals surface area (Å²) in [7, 11) is 0. The van der Waals surface area contributed by atoms with Crippen molar-refractivity contribution in [3.8, 4) is 0 Å². The molecule has 5 heteroatoms. The predicted octanol–water partition coefficient (Wildman–Crippen LogP) is 9.29. The molecule has 0 aliphatic carbocycles. The SMILES string of the molecule is CC(=O)CCCCCCC=CC=CC=CCCCC(=O)CCC=CCC(=O)CCCC(=O)CCCCCCC(C)=O. The van der Waals surface area contributed by atoms with Crippen LogP contribution >= 0.6 is 0 Å². The first-order valence-electron chi connectivity index (χ1n) is 16.0. The van der Waals surface area contributed by atoms with Crippen LogP contribution in [0.3, 0.4) is 0 Å². The van der Waals surface area contributed by atoms with Crippen LogP contribution in [0.1, 0.15) is 149 Å². The molecule has 0 saturated carbocycles. The second-order valence-electron chi connectivity index (χ2n) is 11.1. The standard InChI is InChI=1S/C36H56O5/c1-32(37)24-17-12-10-8-6-4-3-5-7-9-11-13-19-26-34(39)28-21-16-22-29-36(41)31-23-30-35(40)27-20-15-14-18-25-33(2)38/h3-5,7,9,11,16,22H,6,8,10,12-15,17-21,23-31H2,1-2H3. The molecule has 0 radical (unpaired) electrons. The van der Waals surface area contributed by atoms with Gasteiger partial charge in [0.15, 0.2) is 0 Å². The normalized spacial score (nSPS) is 11.9. The summed E-state index contributed by atoms with van der Waals surface area (Å²) < 4.78 is 0. The van der Waals surface area contributed by atoms with E-state index in [-0.39, 0.29) is 28.9 Å². The second-order valence-corrected chi connectivity index (χ2v) is 11.1. The molecule has 0 atom stereocenters. The van der Waals surface area contributed by atoms with Crippen molar-refractivity contribution in [2.24, 2.45) is 0 Å². The molecular formula is C36H56O5. The summed E-state index contributed by atoms with van der Waals surface area (Å²) >= 11 is 0. The highest BCUT2D eigenvalue weighted by Crippen LogP contribution is 2.10. The lowest BCUT2D eigenvalue weighted by molar-refractivity contribution is -0.121. The lowest BCUT2D eigenvalue weighted by atomic mass is 10.0. The fraction of sp³-hybridized carbons (Fsp3) is 0.639. The number of hydrogen-bond acceptors (Lipinski definition) is 5. The molecule has 0 aromatic heterocycles. The monoisotopic (exact) mass is 568 g/mol. The maximum absolute atomic E-state index is 12.0. The van der Waals surface area contributed by atoms with Crippen LogP contribution in [-0.4, -0.2) is 28.9 Å². The molecule has 0 spiro atoms. The molecule has 0 bridgehead atoms. The summed E-state index contributed by atoms with van der Waals surface area (Å²) in [6, 6.07) is 0. The van der Waals surface area contributed by atoms with Crippen molar-refractivity contribution in [1.82, 2.24) is 0 Å². The van der Waals surface area contributed by atoms with Crippen LogP contribution in [0.4, 0.5) is 0 Å². The Bertz CT molecular complexity index is 859. The molecule has 230 valence electrons. The average Bonchev–Trinajstić information content (AvgIpc) is 2.92. The van der Waals surface area contributed by atoms with Gasteiger partial charge in [-0.3, -0.25) is 14.4 Å². The van der Waals surface area contributed by atoms with E-state index >= 15 is 0 Å². The molecule has 0 fully saturated rings. The van der Waals surface area contributed by atoms with Crippen molar-refractivity contribution in [1.29, 1.82) is 0 Å². The summed E-state index contributed by atoms with van der Waals surface area (Å²) in [6.07, 6.45) is 32.7. The van der Waals surface area contributed by atoms with Crippen molar-refractivity contribution < 1.29 is 24.0 Å². The molecule has 0 aromatic carbocycles. The van der Waals surface area contributed by atoms with Crippen LogP contribution in [0.25, 0.3) is 0 Å². The molecule has 0 aliphatic rings. The Balaban J connectivity index is 3.63. The summed E-state index contributed by atoms with van der Waals surface area (Å²) in [5, 5.41) is 0. The van der Waals surface area contributed by atoms with Gasteiger partial charge < -0.3 is 9.59 Å². The second kappa shape index (κ2) is 28.8. The van der Waals surface area contributed by atoms with Crippen LogP contribution in [0.2, 0.25) is 0 Å². The fourth-order valence-electron chi connectivity index (χ4n) is 4.35. The van der Waals surface area contributed by atoms with Gasteiger partial charge in [0.25, 0.3) is 0 Å². The first-order valence-corrected chi connectivity index (χ1v) is 16.0. The van der Waals surface area contributed by atoms with Gasteiger partial charge in [0.2, 0.25) is 0 Å². The van der Waals surface area contributed by atoms with E-state index in [1.54, 1.807) is 13.8 Å². The highest BCUT2D eigenvalue weighted by molar-refractivity contribution is 5.82. The lowest BCUT2D eigenvalue weighted by Gasteiger charge is -2.01. The van der Waals surface area contributed by atoms with Gasteiger partial charge in [0.1, 0.15) is 28.9 Å². The quantitative estimate of drug-likeness (QED) is 0.0510. The number of ketones is 5. The fourth-order valence-corrected chi connectivity index (χ4v) is 4.35. The zero-order valence-electron chi connectivity index (χ0n) is 26.0. The van der Waals surface area contributed by atoms with Crippen molar-refractivity contribution in [2.75, 3.05) is 0 Å². The first-order chi connectivity index (χ1) is 19.8. The van der Waals surface area contributed by atoms with Crippen molar-refractivity contribution in [2.45, 2.75) is 149 Å². The molecule has 41 heavy (non-hydrogen) atoms. The Hall–Kier alpha value is -2.69. The Morgan fingerprint density at radius 1 is 0.366 bits per heavy atom. The topological polar surface area (TPSA) is 85.3 Å². The number of hydrogen-bond donors (Lipinski definition) is 0. The van der Waals surface area contributed by atoms with Crippen molar-refractivity contribution in [3.63, 3.8) is 0 Å². The van der Waals surface area contributed by atoms with Crippen LogP contribution < -0.4 is 0 Å². The largest absolute Gasteiger partial charge is 0.300 e. The molecule has 0 heterocycles. The van der Waals surface area contributed by atoms with E-state index in [1.165, 1.54) is 6.42 Å². The Morgan fingerprint density at radius 2 is 0.829 bits per heavy atom. The minimum Gasteiger partial charge on any atom is -0.300 e. The Labute approximate surface area is 250 Å². The highest BCUT2D eigenvalue weighted by atomic mass is 16.1. The summed E-state index contributed by atoms with van der Waals surface area (Å²) in [6.45, 7) is 3.26. The predicted molar refractivity (Wildman–Crippen MR) is 170 cm³/mol.